The van der Waals surface area contributed by atoms with Crippen molar-refractivity contribution >= 4 is 12.3 Å². The molecule has 4 nitrogen and oxygen atoms in total. The first-order valence-electron chi connectivity index (χ1n) is 3.47. The third-order valence-electron chi connectivity index (χ3n) is 1.29. The second-order valence-corrected chi connectivity index (χ2v) is 2.05. The van der Waals surface area contributed by atoms with Gasteiger partial charge in [0.05, 0.1) is 5.56 Å². The van der Waals surface area contributed by atoms with Gasteiger partial charge in [-0.25, -0.2) is 4.79 Å². The van der Waals surface area contributed by atoms with Crippen LogP contribution in [0, 0.1) is 0 Å². The Labute approximate surface area is 75.4 Å². The number of carboxylic acids is 1. The fourth-order valence-corrected chi connectivity index (χ4v) is 0.704. The topological polar surface area (TPSA) is 74.6 Å². The molecule has 0 bridgehead atoms. The average molecular weight is 182 g/mol. The summed E-state index contributed by atoms with van der Waals surface area (Å²) in [4.78, 5) is 20.5. The fraction of sp³-hybridized carbons (Fsp3) is 0.111. The largest absolute Gasteiger partial charge is 0.478 e. The molecule has 1 aromatic carbocycles. The zero-order chi connectivity index (χ0) is 10.3. The highest BCUT2D eigenvalue weighted by Crippen LogP contribution is 2.01. The Kier molecular flexibility index (Phi) is 5.14. The van der Waals surface area contributed by atoms with E-state index >= 15 is 0 Å². The lowest BCUT2D eigenvalue weighted by Gasteiger charge is -1.92. The van der Waals surface area contributed by atoms with Crippen LogP contribution >= 0.6 is 0 Å². The van der Waals surface area contributed by atoms with Crippen LogP contribution in [0.25, 0.3) is 0 Å². The van der Waals surface area contributed by atoms with Gasteiger partial charge in [-0.05, 0) is 12.1 Å². The monoisotopic (exact) mass is 182 g/mol. The highest BCUT2D eigenvalue weighted by Gasteiger charge is 1.99. The van der Waals surface area contributed by atoms with Crippen molar-refractivity contribution in [1.29, 1.82) is 0 Å². The second kappa shape index (κ2) is 5.91. The molecular formula is C9H10O4. The van der Waals surface area contributed by atoms with E-state index < -0.39 is 5.97 Å². The van der Waals surface area contributed by atoms with Gasteiger partial charge in [0.2, 0.25) is 0 Å². The van der Waals surface area contributed by atoms with Crippen molar-refractivity contribution in [3.8, 4) is 0 Å². The van der Waals surface area contributed by atoms with Gasteiger partial charge in [-0.15, -0.1) is 0 Å². The number of aldehydes is 1. The zero-order valence-corrected chi connectivity index (χ0v) is 7.10. The van der Waals surface area contributed by atoms with Gasteiger partial charge in [-0.1, -0.05) is 12.1 Å². The van der Waals surface area contributed by atoms with Gasteiger partial charge >= 0.3 is 5.97 Å². The molecule has 13 heavy (non-hydrogen) atoms. The van der Waals surface area contributed by atoms with Gasteiger partial charge in [-0.3, -0.25) is 4.79 Å². The highest BCUT2D eigenvalue weighted by molar-refractivity contribution is 5.88. The minimum Gasteiger partial charge on any atom is -0.478 e. The second-order valence-electron chi connectivity index (χ2n) is 2.05. The normalized spacial score (nSPS) is 8.15. The van der Waals surface area contributed by atoms with Gasteiger partial charge < -0.3 is 10.2 Å². The van der Waals surface area contributed by atoms with E-state index in [1.807, 2.05) is 0 Å². The van der Waals surface area contributed by atoms with Crippen molar-refractivity contribution in [3.63, 3.8) is 0 Å². The first-order valence-corrected chi connectivity index (χ1v) is 3.47. The molecule has 0 radical (unpaired) electrons. The lowest BCUT2D eigenvalue weighted by atomic mass is 10.1. The maximum atomic E-state index is 10.3. The predicted octanol–water partition coefficient (Wildman–Crippen LogP) is 0.806. The Morgan fingerprint density at radius 3 is 2.00 bits per heavy atom. The van der Waals surface area contributed by atoms with Crippen LogP contribution in [-0.2, 0) is 0 Å². The minimum absolute atomic E-state index is 0.190. The maximum absolute atomic E-state index is 10.3. The number of carboxylic acid groups (broad SMARTS) is 1. The number of carbonyl (C=O) groups is 2. The van der Waals surface area contributed by atoms with Crippen molar-refractivity contribution in [2.75, 3.05) is 7.11 Å². The quantitative estimate of drug-likeness (QED) is 0.663. The molecule has 1 aromatic rings. The third-order valence-corrected chi connectivity index (χ3v) is 1.29. The summed E-state index contributed by atoms with van der Waals surface area (Å²) in [7, 11) is 1.00. The number of rotatable bonds is 2. The van der Waals surface area contributed by atoms with Crippen molar-refractivity contribution in [1.82, 2.24) is 0 Å². The molecule has 2 N–H and O–H groups in total. The van der Waals surface area contributed by atoms with E-state index in [9.17, 15) is 9.59 Å². The molecule has 0 amide bonds. The van der Waals surface area contributed by atoms with Gasteiger partial charge in [-0.2, -0.15) is 0 Å². The molecular weight excluding hydrogens is 172 g/mol. The van der Waals surface area contributed by atoms with E-state index in [4.69, 9.17) is 10.2 Å². The highest BCUT2D eigenvalue weighted by atomic mass is 16.4. The Balaban J connectivity index is 0.000000671. The molecule has 0 saturated heterocycles. The van der Waals surface area contributed by atoms with E-state index in [0.29, 0.717) is 11.8 Å². The van der Waals surface area contributed by atoms with Crippen LogP contribution in [0.5, 0.6) is 0 Å². The van der Waals surface area contributed by atoms with E-state index in [-0.39, 0.29) is 5.56 Å². The van der Waals surface area contributed by atoms with E-state index in [1.165, 1.54) is 24.3 Å². The third kappa shape index (κ3) is 3.48. The molecule has 0 aliphatic carbocycles. The van der Waals surface area contributed by atoms with Gasteiger partial charge in [0, 0.05) is 12.7 Å². The molecule has 70 valence electrons. The van der Waals surface area contributed by atoms with Crippen molar-refractivity contribution in [3.05, 3.63) is 35.4 Å². The predicted molar refractivity (Wildman–Crippen MR) is 46.9 cm³/mol. The molecule has 0 aromatic heterocycles. The summed E-state index contributed by atoms with van der Waals surface area (Å²) >= 11 is 0. The molecule has 0 aliphatic rings. The Morgan fingerprint density at radius 1 is 1.23 bits per heavy atom. The summed E-state index contributed by atoms with van der Waals surface area (Å²) in [6.45, 7) is 0. The molecule has 4 heteroatoms. The summed E-state index contributed by atoms with van der Waals surface area (Å²) in [6.07, 6.45) is 0.672. The molecule has 0 heterocycles. The molecule has 0 fully saturated rings. The van der Waals surface area contributed by atoms with E-state index in [0.717, 1.165) is 7.11 Å². The first kappa shape index (κ1) is 11.3. The summed E-state index contributed by atoms with van der Waals surface area (Å²) in [5.41, 5.74) is 0.672. The smallest absolute Gasteiger partial charge is 0.335 e. The van der Waals surface area contributed by atoms with Crippen LogP contribution in [0.15, 0.2) is 24.3 Å². The van der Waals surface area contributed by atoms with E-state index in [2.05, 4.69) is 0 Å². The molecule has 1 rings (SSSR count). The van der Waals surface area contributed by atoms with Crippen LogP contribution in [0.4, 0.5) is 0 Å². The molecule has 0 atom stereocenters. The van der Waals surface area contributed by atoms with Gasteiger partial charge in [0.1, 0.15) is 6.29 Å². The summed E-state index contributed by atoms with van der Waals surface area (Å²) in [6, 6.07) is 5.73. The van der Waals surface area contributed by atoms with Gasteiger partial charge in [0.25, 0.3) is 0 Å². The number of aliphatic hydroxyl groups is 1. The van der Waals surface area contributed by atoms with E-state index in [1.54, 1.807) is 0 Å². The fourth-order valence-electron chi connectivity index (χ4n) is 0.704. The average Bonchev–Trinajstić information content (AvgIpc) is 2.21. The summed E-state index contributed by atoms with van der Waals surface area (Å²) < 4.78 is 0. The van der Waals surface area contributed by atoms with Crippen LogP contribution < -0.4 is 0 Å². The minimum atomic E-state index is -0.984. The lowest BCUT2D eigenvalue weighted by Crippen LogP contribution is -1.95. The Hall–Kier alpha value is -1.68. The maximum Gasteiger partial charge on any atom is 0.335 e. The number of hydrogen-bond donors (Lipinski definition) is 2. The molecule has 0 saturated carbocycles. The SMILES string of the molecule is CO.O=Cc1ccc(C(=O)O)cc1. The lowest BCUT2D eigenvalue weighted by molar-refractivity contribution is 0.0696. The van der Waals surface area contributed by atoms with Crippen LogP contribution in [0.1, 0.15) is 20.7 Å². The number of benzene rings is 1. The first-order chi connectivity index (χ1) is 6.24. The zero-order valence-electron chi connectivity index (χ0n) is 7.10. The Morgan fingerprint density at radius 2 is 1.69 bits per heavy atom. The van der Waals surface area contributed by atoms with Crippen molar-refractivity contribution in [2.24, 2.45) is 0 Å². The molecule has 0 spiro atoms. The number of aromatic carboxylic acids is 1. The molecule has 0 aliphatic heterocycles. The number of carbonyl (C=O) groups excluding carboxylic acids is 1. The summed E-state index contributed by atoms with van der Waals surface area (Å²) in [5.74, 6) is -0.984. The van der Waals surface area contributed by atoms with Gasteiger partial charge in [0.15, 0.2) is 0 Å². The number of aliphatic hydroxyl groups excluding tert-OH is 1. The standard InChI is InChI=1S/C8H6O3.CH4O/c9-5-6-1-3-7(4-2-6)8(10)11;1-2/h1-5H,(H,10,11);2H,1H3. The number of hydrogen-bond acceptors (Lipinski definition) is 3. The molecule has 0 unspecified atom stereocenters. The summed E-state index contributed by atoms with van der Waals surface area (Å²) in [5, 5.41) is 15.5. The Bertz CT molecular complexity index is 276. The van der Waals surface area contributed by atoms with Crippen LogP contribution in [0.2, 0.25) is 0 Å². The van der Waals surface area contributed by atoms with Crippen LogP contribution in [0.3, 0.4) is 0 Å². The van der Waals surface area contributed by atoms with Crippen molar-refractivity contribution < 1.29 is 19.8 Å². The van der Waals surface area contributed by atoms with Crippen LogP contribution in [-0.4, -0.2) is 29.6 Å². The van der Waals surface area contributed by atoms with Crippen molar-refractivity contribution in [2.45, 2.75) is 0 Å².